The minimum Gasteiger partial charge on any atom is -0.496 e. The number of likely N-dealkylation sites (tertiary alicyclic amines) is 1. The van der Waals surface area contributed by atoms with Gasteiger partial charge >= 0.3 is 0 Å². The first-order valence-corrected chi connectivity index (χ1v) is 8.52. The van der Waals surface area contributed by atoms with E-state index in [0.29, 0.717) is 17.2 Å². The molecule has 0 saturated carbocycles. The fourth-order valence-electron chi connectivity index (χ4n) is 3.29. The van der Waals surface area contributed by atoms with E-state index in [9.17, 15) is 4.79 Å². The molecule has 1 fully saturated rings. The average Bonchev–Trinajstić information content (AvgIpc) is 3.09. The molecule has 2 aromatic rings. The third-order valence-electron chi connectivity index (χ3n) is 4.75. The molecule has 0 N–H and O–H groups in total. The number of rotatable bonds is 5. The molecule has 0 bridgehead atoms. The van der Waals surface area contributed by atoms with Crippen LogP contribution in [0.4, 0.5) is 0 Å². The van der Waals surface area contributed by atoms with Crippen molar-refractivity contribution in [1.29, 1.82) is 0 Å². The van der Waals surface area contributed by atoms with Gasteiger partial charge in [-0.1, -0.05) is 12.1 Å². The largest absolute Gasteiger partial charge is 0.496 e. The van der Waals surface area contributed by atoms with Crippen LogP contribution in [0.15, 0.2) is 30.6 Å². The van der Waals surface area contributed by atoms with E-state index < -0.39 is 0 Å². The quantitative estimate of drug-likeness (QED) is 0.845. The van der Waals surface area contributed by atoms with Crippen LogP contribution in [0.3, 0.4) is 0 Å². The van der Waals surface area contributed by atoms with Crippen molar-refractivity contribution in [3.63, 3.8) is 0 Å². The molecule has 0 spiro atoms. The molecular formula is C18H24N4O2. The number of aromatic nitrogens is 3. The lowest BCUT2D eigenvalue weighted by Gasteiger charge is -2.32. The first-order valence-electron chi connectivity index (χ1n) is 8.52. The summed E-state index contributed by atoms with van der Waals surface area (Å²) >= 11 is 0. The molecule has 2 heterocycles. The molecule has 1 saturated heterocycles. The number of benzene rings is 1. The van der Waals surface area contributed by atoms with Crippen LogP contribution in [0.2, 0.25) is 0 Å². The Bertz CT molecular complexity index is 690. The van der Waals surface area contributed by atoms with Gasteiger partial charge in [-0.3, -0.25) is 4.79 Å². The van der Waals surface area contributed by atoms with Crippen molar-refractivity contribution in [2.24, 2.45) is 5.92 Å². The summed E-state index contributed by atoms with van der Waals surface area (Å²) in [6, 6.07) is 7.42. The SMILES string of the molecule is CCn1cnnc1CC1CCN(C(=O)c2ccccc2OC)CC1. The van der Waals surface area contributed by atoms with E-state index in [-0.39, 0.29) is 5.91 Å². The first-order chi connectivity index (χ1) is 11.7. The Morgan fingerprint density at radius 1 is 1.29 bits per heavy atom. The number of ether oxygens (including phenoxy) is 1. The number of amides is 1. The van der Waals surface area contributed by atoms with Crippen molar-refractivity contribution < 1.29 is 9.53 Å². The fraction of sp³-hybridized carbons (Fsp3) is 0.500. The van der Waals surface area contributed by atoms with Gasteiger partial charge in [-0.05, 0) is 37.8 Å². The van der Waals surface area contributed by atoms with Crippen LogP contribution in [0.1, 0.15) is 35.9 Å². The zero-order valence-electron chi connectivity index (χ0n) is 14.3. The number of hydrogen-bond donors (Lipinski definition) is 0. The first kappa shape index (κ1) is 16.5. The van der Waals surface area contributed by atoms with Crippen molar-refractivity contribution in [2.45, 2.75) is 32.7 Å². The lowest BCUT2D eigenvalue weighted by molar-refractivity contribution is 0.0686. The normalized spacial score (nSPS) is 15.5. The van der Waals surface area contributed by atoms with Gasteiger partial charge in [-0.15, -0.1) is 10.2 Å². The van der Waals surface area contributed by atoms with Crippen molar-refractivity contribution in [2.75, 3.05) is 20.2 Å². The predicted octanol–water partition coefficient (Wildman–Crippen LogP) is 2.40. The van der Waals surface area contributed by atoms with Crippen molar-refractivity contribution in [3.05, 3.63) is 42.0 Å². The Balaban J connectivity index is 1.59. The fourth-order valence-corrected chi connectivity index (χ4v) is 3.29. The van der Waals surface area contributed by atoms with Crippen LogP contribution in [0.5, 0.6) is 5.75 Å². The molecule has 6 nitrogen and oxygen atoms in total. The van der Waals surface area contributed by atoms with Gasteiger partial charge in [0, 0.05) is 26.1 Å². The van der Waals surface area contributed by atoms with Gasteiger partial charge in [-0.2, -0.15) is 0 Å². The van der Waals surface area contributed by atoms with Gasteiger partial charge < -0.3 is 14.2 Å². The summed E-state index contributed by atoms with van der Waals surface area (Å²) in [5, 5.41) is 8.22. The zero-order chi connectivity index (χ0) is 16.9. The molecule has 0 unspecified atom stereocenters. The highest BCUT2D eigenvalue weighted by Gasteiger charge is 2.26. The number of nitrogens with zero attached hydrogens (tertiary/aromatic N) is 4. The average molecular weight is 328 g/mol. The molecule has 24 heavy (non-hydrogen) atoms. The number of piperidine rings is 1. The minimum absolute atomic E-state index is 0.0580. The van der Waals surface area contributed by atoms with E-state index in [1.165, 1.54) is 0 Å². The van der Waals surface area contributed by atoms with Crippen LogP contribution in [-0.2, 0) is 13.0 Å². The summed E-state index contributed by atoms with van der Waals surface area (Å²) in [4.78, 5) is 14.7. The number of aryl methyl sites for hydroxylation is 1. The molecule has 0 aliphatic carbocycles. The van der Waals surface area contributed by atoms with Gasteiger partial charge in [0.1, 0.15) is 17.9 Å². The topological polar surface area (TPSA) is 60.2 Å². The third kappa shape index (κ3) is 3.42. The van der Waals surface area contributed by atoms with Gasteiger partial charge in [0.25, 0.3) is 5.91 Å². The van der Waals surface area contributed by atoms with Gasteiger partial charge in [0.05, 0.1) is 12.7 Å². The zero-order valence-corrected chi connectivity index (χ0v) is 14.3. The van der Waals surface area contributed by atoms with Crippen LogP contribution in [-0.4, -0.2) is 45.8 Å². The van der Waals surface area contributed by atoms with E-state index in [2.05, 4.69) is 21.7 Å². The van der Waals surface area contributed by atoms with E-state index in [0.717, 1.165) is 44.7 Å². The number of hydrogen-bond acceptors (Lipinski definition) is 4. The summed E-state index contributed by atoms with van der Waals surface area (Å²) in [5.74, 6) is 2.30. The Morgan fingerprint density at radius 2 is 2.04 bits per heavy atom. The second-order valence-corrected chi connectivity index (χ2v) is 6.17. The van der Waals surface area contributed by atoms with E-state index >= 15 is 0 Å². The van der Waals surface area contributed by atoms with Crippen molar-refractivity contribution in [1.82, 2.24) is 19.7 Å². The maximum atomic E-state index is 12.7. The maximum Gasteiger partial charge on any atom is 0.257 e. The summed E-state index contributed by atoms with van der Waals surface area (Å²) < 4.78 is 7.40. The summed E-state index contributed by atoms with van der Waals surface area (Å²) in [6.07, 6.45) is 4.72. The monoisotopic (exact) mass is 328 g/mol. The summed E-state index contributed by atoms with van der Waals surface area (Å²) in [6.45, 7) is 4.55. The molecule has 1 aromatic carbocycles. The maximum absolute atomic E-state index is 12.7. The smallest absolute Gasteiger partial charge is 0.257 e. The number of methoxy groups -OCH3 is 1. The second-order valence-electron chi connectivity index (χ2n) is 6.17. The molecule has 1 aliphatic heterocycles. The third-order valence-corrected chi connectivity index (χ3v) is 4.75. The number of carbonyl (C=O) groups is 1. The molecule has 1 aromatic heterocycles. The van der Waals surface area contributed by atoms with E-state index in [4.69, 9.17) is 4.74 Å². The standard InChI is InChI=1S/C18H24N4O2/c1-3-21-13-19-20-17(21)12-14-8-10-22(11-9-14)18(23)15-6-4-5-7-16(15)24-2/h4-7,13-14H,3,8-12H2,1-2H3. The molecule has 3 rings (SSSR count). The van der Waals surface area contributed by atoms with Crippen LogP contribution < -0.4 is 4.74 Å². The van der Waals surface area contributed by atoms with Gasteiger partial charge in [-0.25, -0.2) is 0 Å². The Morgan fingerprint density at radius 3 is 2.75 bits per heavy atom. The van der Waals surface area contributed by atoms with Gasteiger partial charge in [0.2, 0.25) is 0 Å². The predicted molar refractivity (Wildman–Crippen MR) is 91.0 cm³/mol. The van der Waals surface area contributed by atoms with E-state index in [1.54, 1.807) is 13.4 Å². The lowest BCUT2D eigenvalue weighted by Crippen LogP contribution is -2.39. The molecule has 6 heteroatoms. The highest BCUT2D eigenvalue weighted by Crippen LogP contribution is 2.25. The highest BCUT2D eigenvalue weighted by atomic mass is 16.5. The summed E-state index contributed by atoms with van der Waals surface area (Å²) in [7, 11) is 1.60. The van der Waals surface area contributed by atoms with E-state index in [1.807, 2.05) is 29.2 Å². The summed E-state index contributed by atoms with van der Waals surface area (Å²) in [5.41, 5.74) is 0.643. The molecule has 0 radical (unpaired) electrons. The lowest BCUT2D eigenvalue weighted by atomic mass is 9.92. The van der Waals surface area contributed by atoms with Crippen LogP contribution >= 0.6 is 0 Å². The second kappa shape index (κ2) is 7.47. The number of para-hydroxylation sites is 1. The Kier molecular flexibility index (Phi) is 5.13. The van der Waals surface area contributed by atoms with Crippen LogP contribution in [0.25, 0.3) is 0 Å². The highest BCUT2D eigenvalue weighted by molar-refractivity contribution is 5.97. The number of carbonyl (C=O) groups excluding carboxylic acids is 1. The Labute approximate surface area is 142 Å². The minimum atomic E-state index is 0.0580. The molecule has 0 atom stereocenters. The Hall–Kier alpha value is -2.37. The molecule has 1 amide bonds. The van der Waals surface area contributed by atoms with Gasteiger partial charge in [0.15, 0.2) is 0 Å². The van der Waals surface area contributed by atoms with Crippen molar-refractivity contribution in [3.8, 4) is 5.75 Å². The molecule has 128 valence electrons. The molecular weight excluding hydrogens is 304 g/mol. The van der Waals surface area contributed by atoms with Crippen molar-refractivity contribution >= 4 is 5.91 Å². The molecule has 1 aliphatic rings. The van der Waals surface area contributed by atoms with Crippen LogP contribution in [0, 0.1) is 5.92 Å².